The van der Waals surface area contributed by atoms with Crippen LogP contribution in [0.15, 0.2) is 12.1 Å². The smallest absolute Gasteiger partial charge is 0.312 e. The summed E-state index contributed by atoms with van der Waals surface area (Å²) in [4.78, 5) is 0. The molecule has 0 heterocycles. The molecular formula is C4H9BO. The highest BCUT2D eigenvalue weighted by Crippen LogP contribution is 1.73. The molecule has 0 aliphatic rings. The van der Waals surface area contributed by atoms with Crippen molar-refractivity contribution in [2.45, 2.75) is 13.7 Å². The molecule has 1 nitrogen and oxygen atoms in total. The van der Waals surface area contributed by atoms with Crippen molar-refractivity contribution in [3.8, 4) is 0 Å². The van der Waals surface area contributed by atoms with Gasteiger partial charge in [-0.1, -0.05) is 18.9 Å². The molecule has 2 heteroatoms. The summed E-state index contributed by atoms with van der Waals surface area (Å²) in [5.74, 6) is 1.72. The Balaban J connectivity index is 3.03. The minimum absolute atomic E-state index is 0.282. The summed E-state index contributed by atoms with van der Waals surface area (Å²) in [6, 6.07) is 0. The molecule has 0 amide bonds. The molecule has 0 saturated carbocycles. The van der Waals surface area contributed by atoms with Crippen molar-refractivity contribution >= 4 is 6.92 Å². The summed E-state index contributed by atoms with van der Waals surface area (Å²) in [7, 11) is 0. The number of hydrogen-bond donors (Lipinski definition) is 1. The Morgan fingerprint density at radius 2 is 2.17 bits per heavy atom. The second-order valence-corrected chi connectivity index (χ2v) is 1.27. The molecule has 0 aromatic rings. The maximum absolute atomic E-state index is 8.47. The first-order valence-corrected chi connectivity index (χ1v) is 2.08. The fourth-order valence-electron chi connectivity index (χ4n) is 0.279. The summed E-state index contributed by atoms with van der Waals surface area (Å²) in [5.41, 5.74) is 0. The SMILES string of the molecule is C/C=C/B(C)O. The molecule has 0 aromatic carbocycles. The minimum atomic E-state index is -0.282. The van der Waals surface area contributed by atoms with Crippen LogP contribution in [0, 0.1) is 0 Å². The van der Waals surface area contributed by atoms with E-state index in [1.165, 1.54) is 0 Å². The average Bonchev–Trinajstić information content (AvgIpc) is 1.35. The van der Waals surface area contributed by atoms with Crippen LogP contribution >= 0.6 is 0 Å². The van der Waals surface area contributed by atoms with Gasteiger partial charge < -0.3 is 5.02 Å². The Kier molecular flexibility index (Phi) is 2.86. The summed E-state index contributed by atoms with van der Waals surface area (Å²) < 4.78 is 0. The maximum atomic E-state index is 8.47. The molecule has 0 saturated heterocycles. The molecule has 0 fully saturated rings. The Morgan fingerprint density at radius 1 is 1.67 bits per heavy atom. The fraction of sp³-hybridized carbons (Fsp3) is 0.500. The van der Waals surface area contributed by atoms with Crippen molar-refractivity contribution in [3.05, 3.63) is 12.1 Å². The van der Waals surface area contributed by atoms with Gasteiger partial charge in [0.25, 0.3) is 0 Å². The van der Waals surface area contributed by atoms with Crippen LogP contribution in [0.1, 0.15) is 6.92 Å². The first kappa shape index (κ1) is 5.76. The monoisotopic (exact) mass is 84.1 g/mol. The van der Waals surface area contributed by atoms with E-state index in [0.717, 1.165) is 0 Å². The Morgan fingerprint density at radius 3 is 2.17 bits per heavy atom. The van der Waals surface area contributed by atoms with Gasteiger partial charge in [0.15, 0.2) is 0 Å². The van der Waals surface area contributed by atoms with Crippen molar-refractivity contribution in [2.24, 2.45) is 0 Å². The third-order valence-corrected chi connectivity index (χ3v) is 0.471. The Labute approximate surface area is 38.8 Å². The predicted molar refractivity (Wildman–Crippen MR) is 28.7 cm³/mol. The van der Waals surface area contributed by atoms with Gasteiger partial charge >= 0.3 is 6.92 Å². The van der Waals surface area contributed by atoms with Gasteiger partial charge in [-0.25, -0.2) is 0 Å². The zero-order chi connectivity index (χ0) is 4.99. The molecule has 0 rings (SSSR count). The molecule has 0 aliphatic heterocycles. The van der Waals surface area contributed by atoms with Gasteiger partial charge in [-0.3, -0.25) is 0 Å². The van der Waals surface area contributed by atoms with Gasteiger partial charge in [0.1, 0.15) is 0 Å². The van der Waals surface area contributed by atoms with Crippen molar-refractivity contribution in [2.75, 3.05) is 0 Å². The summed E-state index contributed by atoms with van der Waals surface area (Å²) >= 11 is 0. The van der Waals surface area contributed by atoms with Gasteiger partial charge in [0, 0.05) is 0 Å². The van der Waals surface area contributed by atoms with Crippen molar-refractivity contribution in [3.63, 3.8) is 0 Å². The van der Waals surface area contributed by atoms with Gasteiger partial charge in [-0.15, -0.1) is 0 Å². The lowest BCUT2D eigenvalue weighted by Crippen LogP contribution is -1.98. The molecule has 6 heavy (non-hydrogen) atoms. The first-order chi connectivity index (χ1) is 2.77. The number of rotatable bonds is 1. The average molecular weight is 83.9 g/mol. The highest BCUT2D eigenvalue weighted by molar-refractivity contribution is 6.54. The number of allylic oxidation sites excluding steroid dienone is 1. The van der Waals surface area contributed by atoms with E-state index in [1.54, 1.807) is 12.8 Å². The van der Waals surface area contributed by atoms with Crippen molar-refractivity contribution < 1.29 is 5.02 Å². The van der Waals surface area contributed by atoms with Crippen molar-refractivity contribution in [1.82, 2.24) is 0 Å². The maximum Gasteiger partial charge on any atom is 0.312 e. The molecule has 0 spiro atoms. The molecule has 0 aromatic heterocycles. The molecule has 0 unspecified atom stereocenters. The van der Waals surface area contributed by atoms with Crippen LogP contribution in [0.3, 0.4) is 0 Å². The lowest BCUT2D eigenvalue weighted by atomic mass is 9.72. The van der Waals surface area contributed by atoms with Crippen LogP contribution in [0.2, 0.25) is 6.82 Å². The van der Waals surface area contributed by atoms with E-state index in [0.29, 0.717) is 0 Å². The van der Waals surface area contributed by atoms with Crippen LogP contribution in [-0.2, 0) is 0 Å². The van der Waals surface area contributed by atoms with Crippen LogP contribution in [0.25, 0.3) is 0 Å². The van der Waals surface area contributed by atoms with Gasteiger partial charge in [-0.2, -0.15) is 0 Å². The summed E-state index contributed by atoms with van der Waals surface area (Å²) in [6.45, 7) is 3.32. The highest BCUT2D eigenvalue weighted by Gasteiger charge is 1.88. The normalized spacial score (nSPS) is 9.83. The van der Waals surface area contributed by atoms with E-state index in [-0.39, 0.29) is 6.92 Å². The van der Waals surface area contributed by atoms with Crippen LogP contribution in [0.5, 0.6) is 0 Å². The fourth-order valence-corrected chi connectivity index (χ4v) is 0.279. The standard InChI is InChI=1S/C4H9BO/c1-3-4-5(2)6/h3-4,6H,1-2H3/b4-3+. The zero-order valence-electron chi connectivity index (χ0n) is 4.18. The summed E-state index contributed by atoms with van der Waals surface area (Å²) in [5, 5.41) is 8.47. The van der Waals surface area contributed by atoms with Gasteiger partial charge in [0.05, 0.1) is 0 Å². The first-order valence-electron chi connectivity index (χ1n) is 2.08. The van der Waals surface area contributed by atoms with E-state index >= 15 is 0 Å². The zero-order valence-corrected chi connectivity index (χ0v) is 4.18. The minimum Gasteiger partial charge on any atom is -0.447 e. The molecule has 0 radical (unpaired) electrons. The lowest BCUT2D eigenvalue weighted by molar-refractivity contribution is 0.593. The third kappa shape index (κ3) is 3.76. The Hall–Kier alpha value is -0.235. The molecule has 1 N–H and O–H groups in total. The van der Waals surface area contributed by atoms with E-state index < -0.39 is 0 Å². The molecular weight excluding hydrogens is 74.9 g/mol. The van der Waals surface area contributed by atoms with E-state index in [2.05, 4.69) is 0 Å². The lowest BCUT2D eigenvalue weighted by Gasteiger charge is -1.80. The summed E-state index contributed by atoms with van der Waals surface area (Å²) in [6.07, 6.45) is 1.82. The van der Waals surface area contributed by atoms with E-state index in [4.69, 9.17) is 5.02 Å². The topological polar surface area (TPSA) is 20.2 Å². The van der Waals surface area contributed by atoms with E-state index in [9.17, 15) is 0 Å². The quantitative estimate of drug-likeness (QED) is 0.464. The van der Waals surface area contributed by atoms with Crippen molar-refractivity contribution in [1.29, 1.82) is 0 Å². The highest BCUT2D eigenvalue weighted by atomic mass is 16.2. The molecule has 34 valence electrons. The second kappa shape index (κ2) is 2.97. The van der Waals surface area contributed by atoms with Crippen LogP contribution in [-0.4, -0.2) is 11.9 Å². The second-order valence-electron chi connectivity index (χ2n) is 1.27. The molecule has 0 atom stereocenters. The van der Waals surface area contributed by atoms with Crippen LogP contribution in [0.4, 0.5) is 0 Å². The third-order valence-electron chi connectivity index (χ3n) is 0.471. The molecule has 0 aliphatic carbocycles. The van der Waals surface area contributed by atoms with E-state index in [1.807, 2.05) is 13.0 Å². The largest absolute Gasteiger partial charge is 0.447 e. The van der Waals surface area contributed by atoms with Crippen LogP contribution < -0.4 is 0 Å². The van der Waals surface area contributed by atoms with Gasteiger partial charge in [0.2, 0.25) is 0 Å². The Bertz CT molecular complexity index is 49.5. The predicted octanol–water partition coefficient (Wildman–Crippen LogP) is 0.715. The number of hydrogen-bond acceptors (Lipinski definition) is 1. The molecule has 0 bridgehead atoms. The van der Waals surface area contributed by atoms with Gasteiger partial charge in [-0.05, 0) is 6.92 Å².